The molecule has 1 fully saturated rings. The van der Waals surface area contributed by atoms with Gasteiger partial charge in [-0.1, -0.05) is 91.0 Å². The molecule has 1 N–H and O–H groups in total. The fourth-order valence-corrected chi connectivity index (χ4v) is 3.71. The van der Waals surface area contributed by atoms with Crippen molar-refractivity contribution in [2.45, 2.75) is 50.3 Å². The number of benzene rings is 3. The second kappa shape index (κ2) is 11.2. The van der Waals surface area contributed by atoms with Crippen LogP contribution in [-0.4, -0.2) is 35.8 Å². The number of hydrogen-bond donors (Lipinski definition) is 1. The van der Waals surface area contributed by atoms with Gasteiger partial charge in [0, 0.05) is 6.42 Å². The van der Waals surface area contributed by atoms with Crippen LogP contribution in [0.5, 0.6) is 0 Å². The lowest BCUT2D eigenvalue weighted by molar-refractivity contribution is -0.459. The Morgan fingerprint density at radius 3 is 1.82 bits per heavy atom. The van der Waals surface area contributed by atoms with Crippen LogP contribution < -0.4 is 0 Å². The molecule has 4 rings (SSSR count). The van der Waals surface area contributed by atoms with E-state index in [1.807, 2.05) is 78.9 Å². The van der Waals surface area contributed by atoms with E-state index >= 15 is 8.78 Å². The second-order valence-electron chi connectivity index (χ2n) is 8.26. The molecule has 1 aliphatic heterocycles. The average molecular weight is 471 g/mol. The van der Waals surface area contributed by atoms with E-state index in [4.69, 9.17) is 18.9 Å². The van der Waals surface area contributed by atoms with Crippen molar-refractivity contribution < 1.29 is 32.8 Å². The Morgan fingerprint density at radius 2 is 1.26 bits per heavy atom. The van der Waals surface area contributed by atoms with Crippen LogP contribution in [0.2, 0.25) is 0 Å². The van der Waals surface area contributed by atoms with E-state index in [1.165, 1.54) is 0 Å². The van der Waals surface area contributed by atoms with Crippen molar-refractivity contribution in [3.63, 3.8) is 0 Å². The Labute approximate surface area is 197 Å². The van der Waals surface area contributed by atoms with E-state index in [9.17, 15) is 5.11 Å². The van der Waals surface area contributed by atoms with E-state index < -0.39 is 37.1 Å². The maximum atomic E-state index is 15.0. The fourth-order valence-electron chi connectivity index (χ4n) is 3.71. The molecule has 0 amide bonds. The van der Waals surface area contributed by atoms with Gasteiger partial charge in [0.1, 0.15) is 6.10 Å². The molecule has 0 radical (unpaired) electrons. The standard InChI is InChI=1S/C27H28F2O5/c28-26(29)16-24(32-18-22-12-6-2-7-13-22)27(30,33-19-23-14-8-3-9-15-23)34-25(26)20-31-17-21-10-4-1-5-11-21/h1-15,24-25,30H,16-20H2. The summed E-state index contributed by atoms with van der Waals surface area (Å²) in [4.78, 5) is 0. The summed E-state index contributed by atoms with van der Waals surface area (Å²) in [7, 11) is 0. The molecule has 0 aliphatic carbocycles. The maximum absolute atomic E-state index is 15.0. The third kappa shape index (κ3) is 6.46. The molecule has 1 aliphatic rings. The molecule has 3 unspecified atom stereocenters. The fraction of sp³-hybridized carbons (Fsp3) is 0.333. The van der Waals surface area contributed by atoms with E-state index in [0.717, 1.165) is 16.7 Å². The highest BCUT2D eigenvalue weighted by atomic mass is 19.3. The summed E-state index contributed by atoms with van der Waals surface area (Å²) in [6.45, 7) is -0.277. The molecule has 3 aromatic rings. The Morgan fingerprint density at radius 1 is 0.765 bits per heavy atom. The normalized spacial score (nSPS) is 24.1. The first-order valence-electron chi connectivity index (χ1n) is 11.2. The summed E-state index contributed by atoms with van der Waals surface area (Å²) in [5.41, 5.74) is 2.39. The van der Waals surface area contributed by atoms with Gasteiger partial charge in [-0.2, -0.15) is 0 Å². The van der Waals surface area contributed by atoms with E-state index in [-0.39, 0.29) is 19.8 Å². The summed E-state index contributed by atoms with van der Waals surface area (Å²) < 4.78 is 52.4. The van der Waals surface area contributed by atoms with Gasteiger partial charge in [0.15, 0.2) is 6.10 Å². The molecular formula is C27H28F2O5. The molecule has 0 aromatic heterocycles. The van der Waals surface area contributed by atoms with Gasteiger partial charge in [0.05, 0.1) is 26.4 Å². The summed E-state index contributed by atoms with van der Waals surface area (Å²) in [6.07, 6.45) is -3.88. The number of hydrogen-bond acceptors (Lipinski definition) is 5. The Balaban J connectivity index is 1.45. The SMILES string of the molecule is OC1(OCc2ccccc2)OC(COCc2ccccc2)C(F)(F)CC1OCc1ccccc1. The van der Waals surface area contributed by atoms with Crippen LogP contribution in [0.25, 0.3) is 0 Å². The number of halogens is 2. The molecule has 0 spiro atoms. The first-order valence-corrected chi connectivity index (χ1v) is 11.2. The van der Waals surface area contributed by atoms with E-state index in [2.05, 4.69) is 0 Å². The van der Waals surface area contributed by atoms with E-state index in [1.54, 1.807) is 12.1 Å². The predicted molar refractivity (Wildman–Crippen MR) is 122 cm³/mol. The van der Waals surface area contributed by atoms with Gasteiger partial charge in [0.25, 0.3) is 5.92 Å². The van der Waals surface area contributed by atoms with Crippen molar-refractivity contribution in [3.05, 3.63) is 108 Å². The Kier molecular flexibility index (Phi) is 8.03. The van der Waals surface area contributed by atoms with Crippen LogP contribution >= 0.6 is 0 Å². The summed E-state index contributed by atoms with van der Waals surface area (Å²) in [6, 6.07) is 27.4. The highest BCUT2D eigenvalue weighted by molar-refractivity contribution is 5.15. The van der Waals surface area contributed by atoms with Crippen LogP contribution in [0.15, 0.2) is 91.0 Å². The van der Waals surface area contributed by atoms with Gasteiger partial charge < -0.3 is 24.1 Å². The molecule has 7 heteroatoms. The number of ether oxygens (including phenoxy) is 4. The van der Waals surface area contributed by atoms with Gasteiger partial charge in [-0.3, -0.25) is 0 Å². The first kappa shape index (κ1) is 24.4. The predicted octanol–water partition coefficient (Wildman–Crippen LogP) is 5.08. The molecule has 1 heterocycles. The molecule has 3 atom stereocenters. The molecule has 5 nitrogen and oxygen atoms in total. The maximum Gasteiger partial charge on any atom is 0.309 e. The van der Waals surface area contributed by atoms with Crippen LogP contribution in [0.4, 0.5) is 8.78 Å². The molecule has 0 saturated carbocycles. The highest BCUT2D eigenvalue weighted by Gasteiger charge is 2.58. The Hall–Kier alpha value is -2.68. The molecule has 3 aromatic carbocycles. The van der Waals surface area contributed by atoms with E-state index in [0.29, 0.717) is 0 Å². The molecule has 34 heavy (non-hydrogen) atoms. The van der Waals surface area contributed by atoms with Gasteiger partial charge >= 0.3 is 5.97 Å². The average Bonchev–Trinajstić information content (AvgIpc) is 2.86. The van der Waals surface area contributed by atoms with Crippen LogP contribution in [0.3, 0.4) is 0 Å². The van der Waals surface area contributed by atoms with Gasteiger partial charge in [-0.25, -0.2) is 8.78 Å². The topological polar surface area (TPSA) is 57.2 Å². The van der Waals surface area contributed by atoms with Gasteiger partial charge in [-0.15, -0.1) is 0 Å². The quantitative estimate of drug-likeness (QED) is 0.419. The zero-order valence-electron chi connectivity index (χ0n) is 18.7. The van der Waals surface area contributed by atoms with Crippen LogP contribution in [0.1, 0.15) is 23.1 Å². The smallest absolute Gasteiger partial charge is 0.309 e. The minimum Gasteiger partial charge on any atom is -0.374 e. The van der Waals surface area contributed by atoms with Gasteiger partial charge in [-0.05, 0) is 16.7 Å². The molecular weight excluding hydrogens is 442 g/mol. The minimum atomic E-state index is -3.29. The molecule has 180 valence electrons. The molecule has 1 saturated heterocycles. The number of rotatable bonds is 10. The van der Waals surface area contributed by atoms with Crippen LogP contribution in [0, 0.1) is 0 Å². The number of alkyl halides is 2. The molecule has 0 bridgehead atoms. The highest BCUT2D eigenvalue weighted by Crippen LogP contribution is 2.41. The lowest BCUT2D eigenvalue weighted by atomic mass is 9.99. The summed E-state index contributed by atoms with van der Waals surface area (Å²) in [5.74, 6) is -5.66. The Bertz CT molecular complexity index is 1000. The lowest BCUT2D eigenvalue weighted by Gasteiger charge is -2.45. The van der Waals surface area contributed by atoms with Crippen molar-refractivity contribution >= 4 is 0 Å². The summed E-state index contributed by atoms with van der Waals surface area (Å²) in [5, 5.41) is 11.2. The second-order valence-corrected chi connectivity index (χ2v) is 8.26. The zero-order chi connectivity index (χ0) is 23.9. The van der Waals surface area contributed by atoms with Crippen molar-refractivity contribution in [1.29, 1.82) is 0 Å². The lowest BCUT2D eigenvalue weighted by Crippen LogP contribution is -2.62. The van der Waals surface area contributed by atoms with Gasteiger partial charge in [0.2, 0.25) is 0 Å². The van der Waals surface area contributed by atoms with Crippen molar-refractivity contribution in [3.8, 4) is 0 Å². The van der Waals surface area contributed by atoms with Crippen molar-refractivity contribution in [1.82, 2.24) is 0 Å². The minimum absolute atomic E-state index is 0.0249. The zero-order valence-corrected chi connectivity index (χ0v) is 18.7. The van der Waals surface area contributed by atoms with Crippen molar-refractivity contribution in [2.24, 2.45) is 0 Å². The third-order valence-corrected chi connectivity index (χ3v) is 5.61. The van der Waals surface area contributed by atoms with Crippen LogP contribution in [-0.2, 0) is 38.8 Å². The monoisotopic (exact) mass is 470 g/mol. The third-order valence-electron chi connectivity index (χ3n) is 5.61. The van der Waals surface area contributed by atoms with Crippen molar-refractivity contribution in [2.75, 3.05) is 6.61 Å². The largest absolute Gasteiger partial charge is 0.374 e. The number of aliphatic hydroxyl groups is 1. The summed E-state index contributed by atoms with van der Waals surface area (Å²) >= 11 is 0. The first-order chi connectivity index (χ1) is 16.4.